The van der Waals surface area contributed by atoms with Crippen LogP contribution >= 0.6 is 0 Å². The van der Waals surface area contributed by atoms with E-state index in [1.54, 1.807) is 7.11 Å². The summed E-state index contributed by atoms with van der Waals surface area (Å²) in [6, 6.07) is 7.45. The Morgan fingerprint density at radius 1 is 1.36 bits per heavy atom. The van der Waals surface area contributed by atoms with E-state index in [9.17, 15) is 0 Å². The van der Waals surface area contributed by atoms with Crippen LogP contribution in [0.2, 0.25) is 19.1 Å². The monoisotopic (exact) mass is 209 g/mol. The summed E-state index contributed by atoms with van der Waals surface area (Å²) in [5, 5.41) is 1.30. The molecular formula is C11H19NOSi. The number of pyridine rings is 1. The molecule has 78 valence electrons. The molecule has 0 aliphatic heterocycles. The highest BCUT2D eigenvalue weighted by molar-refractivity contribution is 6.89. The van der Waals surface area contributed by atoms with Crippen LogP contribution in [-0.4, -0.2) is 26.8 Å². The fraction of sp³-hybridized carbons (Fsp3) is 0.545. The van der Waals surface area contributed by atoms with Crippen LogP contribution in [0.3, 0.4) is 0 Å². The van der Waals surface area contributed by atoms with Crippen molar-refractivity contribution in [2.45, 2.75) is 25.6 Å². The first-order chi connectivity index (χ1) is 6.67. The predicted molar refractivity (Wildman–Crippen MR) is 62.7 cm³/mol. The van der Waals surface area contributed by atoms with Crippen molar-refractivity contribution in [2.75, 3.05) is 13.7 Å². The van der Waals surface area contributed by atoms with E-state index in [1.165, 1.54) is 11.4 Å². The molecule has 0 unspecified atom stereocenters. The molecular weight excluding hydrogens is 190 g/mol. The molecule has 0 fully saturated rings. The molecule has 1 aromatic rings. The maximum atomic E-state index is 5.07. The zero-order valence-corrected chi connectivity index (χ0v) is 10.3. The first-order valence-electron chi connectivity index (χ1n) is 5.07. The minimum atomic E-state index is -1.31. The van der Waals surface area contributed by atoms with E-state index in [2.05, 4.69) is 30.2 Å². The van der Waals surface area contributed by atoms with Crippen LogP contribution in [0.25, 0.3) is 0 Å². The van der Waals surface area contributed by atoms with E-state index in [-0.39, 0.29) is 0 Å². The van der Waals surface area contributed by atoms with Gasteiger partial charge in [-0.2, -0.15) is 0 Å². The third kappa shape index (κ3) is 3.23. The smallest absolute Gasteiger partial charge is 0.104 e. The summed E-state index contributed by atoms with van der Waals surface area (Å²) < 4.78 is 5.07. The van der Waals surface area contributed by atoms with Crippen molar-refractivity contribution in [1.29, 1.82) is 0 Å². The maximum Gasteiger partial charge on any atom is 0.104 e. The van der Waals surface area contributed by atoms with Crippen molar-refractivity contribution < 1.29 is 4.74 Å². The summed E-state index contributed by atoms with van der Waals surface area (Å²) in [5.74, 6) is 0. The molecule has 0 spiro atoms. The van der Waals surface area contributed by atoms with Gasteiger partial charge < -0.3 is 4.74 Å². The molecule has 0 atom stereocenters. The Labute approximate surface area is 87.3 Å². The topological polar surface area (TPSA) is 22.1 Å². The van der Waals surface area contributed by atoms with Gasteiger partial charge in [-0.15, -0.1) is 0 Å². The molecule has 0 bridgehead atoms. The number of hydrogen-bond acceptors (Lipinski definition) is 2. The zero-order valence-electron chi connectivity index (χ0n) is 9.29. The largest absolute Gasteiger partial charge is 0.385 e. The van der Waals surface area contributed by atoms with Gasteiger partial charge in [0.25, 0.3) is 0 Å². The van der Waals surface area contributed by atoms with Gasteiger partial charge in [0.05, 0.1) is 0 Å². The molecule has 1 aromatic heterocycles. The summed E-state index contributed by atoms with van der Waals surface area (Å²) in [6.45, 7) is 5.60. The standard InChI is InChI=1S/C11H19NOSi/c1-13-9-6-10-14(2,3)11-7-4-5-8-12-11/h4-5,7-8H,6,9-10H2,1-3H3. The summed E-state index contributed by atoms with van der Waals surface area (Å²) in [6.07, 6.45) is 3.03. The van der Waals surface area contributed by atoms with Gasteiger partial charge in [-0.25, -0.2) is 0 Å². The van der Waals surface area contributed by atoms with E-state index < -0.39 is 8.07 Å². The van der Waals surface area contributed by atoms with Crippen LogP contribution in [0.5, 0.6) is 0 Å². The van der Waals surface area contributed by atoms with E-state index in [1.807, 2.05) is 12.3 Å². The number of rotatable bonds is 5. The lowest BCUT2D eigenvalue weighted by Crippen LogP contribution is -2.43. The summed E-state index contributed by atoms with van der Waals surface area (Å²) in [5.41, 5.74) is 0. The Hall–Kier alpha value is -0.673. The predicted octanol–water partition coefficient (Wildman–Crippen LogP) is 2.03. The van der Waals surface area contributed by atoms with Gasteiger partial charge in [0, 0.05) is 25.2 Å². The van der Waals surface area contributed by atoms with E-state index >= 15 is 0 Å². The van der Waals surface area contributed by atoms with Crippen molar-refractivity contribution in [2.24, 2.45) is 0 Å². The Balaban J connectivity index is 2.56. The fourth-order valence-electron chi connectivity index (χ4n) is 1.55. The Kier molecular flexibility index (Phi) is 4.29. The van der Waals surface area contributed by atoms with Gasteiger partial charge in [-0.3, -0.25) is 4.98 Å². The van der Waals surface area contributed by atoms with E-state index in [0.29, 0.717) is 0 Å². The van der Waals surface area contributed by atoms with Crippen molar-refractivity contribution in [1.82, 2.24) is 4.98 Å². The van der Waals surface area contributed by atoms with Crippen molar-refractivity contribution in [3.63, 3.8) is 0 Å². The first kappa shape index (κ1) is 11.4. The maximum absolute atomic E-state index is 5.07. The van der Waals surface area contributed by atoms with Gasteiger partial charge in [0.15, 0.2) is 0 Å². The molecule has 0 radical (unpaired) electrons. The Morgan fingerprint density at radius 3 is 2.71 bits per heavy atom. The molecule has 3 heteroatoms. The molecule has 0 aliphatic rings. The fourth-order valence-corrected chi connectivity index (χ4v) is 3.81. The van der Waals surface area contributed by atoms with Gasteiger partial charge in [-0.1, -0.05) is 19.2 Å². The first-order valence-corrected chi connectivity index (χ1v) is 8.28. The third-order valence-electron chi connectivity index (χ3n) is 2.51. The molecule has 0 amide bonds. The SMILES string of the molecule is COCCC[Si](C)(C)c1ccccn1. The number of hydrogen-bond donors (Lipinski definition) is 0. The van der Waals surface area contributed by atoms with Gasteiger partial charge in [0.2, 0.25) is 0 Å². The Morgan fingerprint density at radius 2 is 2.14 bits per heavy atom. The summed E-state index contributed by atoms with van der Waals surface area (Å²) in [7, 11) is 0.451. The van der Waals surface area contributed by atoms with E-state index in [4.69, 9.17) is 4.74 Å². The summed E-state index contributed by atoms with van der Waals surface area (Å²) in [4.78, 5) is 4.45. The molecule has 1 heterocycles. The highest BCUT2D eigenvalue weighted by Crippen LogP contribution is 2.10. The number of methoxy groups -OCH3 is 1. The van der Waals surface area contributed by atoms with Gasteiger partial charge in [0.1, 0.15) is 8.07 Å². The molecule has 2 nitrogen and oxygen atoms in total. The lowest BCUT2D eigenvalue weighted by Gasteiger charge is -2.21. The van der Waals surface area contributed by atoms with Gasteiger partial charge in [-0.05, 0) is 24.6 Å². The number of ether oxygens (including phenoxy) is 1. The van der Waals surface area contributed by atoms with Crippen LogP contribution in [0.4, 0.5) is 0 Å². The highest BCUT2D eigenvalue weighted by atomic mass is 28.3. The summed E-state index contributed by atoms with van der Waals surface area (Å²) >= 11 is 0. The zero-order chi connectivity index (χ0) is 10.4. The van der Waals surface area contributed by atoms with Gasteiger partial charge >= 0.3 is 0 Å². The lowest BCUT2D eigenvalue weighted by atomic mass is 10.5. The molecule has 0 aromatic carbocycles. The second-order valence-electron chi connectivity index (χ2n) is 4.20. The quantitative estimate of drug-likeness (QED) is 0.547. The van der Waals surface area contributed by atoms with Crippen LogP contribution in [-0.2, 0) is 4.74 Å². The number of aromatic nitrogens is 1. The average Bonchev–Trinajstić information content (AvgIpc) is 2.19. The second kappa shape index (κ2) is 5.27. The second-order valence-corrected chi connectivity index (χ2v) is 8.98. The highest BCUT2D eigenvalue weighted by Gasteiger charge is 2.23. The van der Waals surface area contributed by atoms with Crippen molar-refractivity contribution in [3.8, 4) is 0 Å². The van der Waals surface area contributed by atoms with Crippen LogP contribution in [0.1, 0.15) is 6.42 Å². The molecule has 0 N–H and O–H groups in total. The van der Waals surface area contributed by atoms with Crippen LogP contribution in [0, 0.1) is 0 Å². The normalized spacial score (nSPS) is 11.6. The Bertz CT molecular complexity index is 261. The average molecular weight is 209 g/mol. The molecule has 14 heavy (non-hydrogen) atoms. The molecule has 0 saturated heterocycles. The third-order valence-corrected chi connectivity index (χ3v) is 5.79. The van der Waals surface area contributed by atoms with Crippen molar-refractivity contribution >= 4 is 13.4 Å². The lowest BCUT2D eigenvalue weighted by molar-refractivity contribution is 0.199. The van der Waals surface area contributed by atoms with Crippen LogP contribution in [0.15, 0.2) is 24.4 Å². The molecule has 0 aliphatic carbocycles. The van der Waals surface area contributed by atoms with Crippen molar-refractivity contribution in [3.05, 3.63) is 24.4 Å². The minimum Gasteiger partial charge on any atom is -0.385 e. The van der Waals surface area contributed by atoms with Crippen LogP contribution < -0.4 is 5.32 Å². The van der Waals surface area contributed by atoms with E-state index in [0.717, 1.165) is 13.0 Å². The molecule has 1 rings (SSSR count). The minimum absolute atomic E-state index is 0.864. The molecule has 0 saturated carbocycles. The number of nitrogens with zero attached hydrogens (tertiary/aromatic N) is 1.